The van der Waals surface area contributed by atoms with Gasteiger partial charge in [-0.15, -0.1) is 0 Å². The van der Waals surface area contributed by atoms with Crippen LogP contribution in [0.2, 0.25) is 0 Å². The summed E-state index contributed by atoms with van der Waals surface area (Å²) >= 11 is 0. The van der Waals surface area contributed by atoms with E-state index in [1.807, 2.05) is 12.1 Å². The first kappa shape index (κ1) is 20.4. The highest BCUT2D eigenvalue weighted by Gasteiger charge is 2.23. The summed E-state index contributed by atoms with van der Waals surface area (Å²) in [5.41, 5.74) is 1.75. The number of carbonyl (C=O) groups is 1. The van der Waals surface area contributed by atoms with E-state index in [9.17, 15) is 13.2 Å². The Morgan fingerprint density at radius 2 is 1.90 bits per heavy atom. The van der Waals surface area contributed by atoms with Crippen LogP contribution in [0.3, 0.4) is 0 Å². The SMILES string of the molecule is CS(=O)(=O)Cc1c(C(=O)NCc2ccc(N3CCCCC3)nc2)oc2ccccc12. The minimum absolute atomic E-state index is 0.0412. The summed E-state index contributed by atoms with van der Waals surface area (Å²) in [6.45, 7) is 2.33. The molecule has 0 saturated carbocycles. The highest BCUT2D eigenvalue weighted by atomic mass is 32.2. The minimum atomic E-state index is -3.33. The van der Waals surface area contributed by atoms with Crippen molar-refractivity contribution in [2.24, 2.45) is 0 Å². The molecule has 0 unspecified atom stereocenters. The number of hydrogen-bond acceptors (Lipinski definition) is 6. The molecule has 0 atom stereocenters. The zero-order valence-electron chi connectivity index (χ0n) is 16.9. The molecule has 0 aliphatic carbocycles. The van der Waals surface area contributed by atoms with Crippen LogP contribution in [0.1, 0.15) is 40.9 Å². The summed E-state index contributed by atoms with van der Waals surface area (Å²) in [5, 5.41) is 3.46. The summed E-state index contributed by atoms with van der Waals surface area (Å²) in [5.74, 6) is 0.306. The molecule has 1 fully saturated rings. The van der Waals surface area contributed by atoms with Crippen LogP contribution < -0.4 is 10.2 Å². The van der Waals surface area contributed by atoms with Gasteiger partial charge in [0.1, 0.15) is 11.4 Å². The number of aromatic nitrogens is 1. The molecule has 1 N–H and O–H groups in total. The number of nitrogens with one attached hydrogen (secondary N) is 1. The van der Waals surface area contributed by atoms with Crippen molar-refractivity contribution in [3.05, 3.63) is 59.5 Å². The molecule has 1 amide bonds. The van der Waals surface area contributed by atoms with Gasteiger partial charge in [0.15, 0.2) is 15.6 Å². The van der Waals surface area contributed by atoms with Crippen molar-refractivity contribution in [2.75, 3.05) is 24.2 Å². The van der Waals surface area contributed by atoms with Gasteiger partial charge in [-0.3, -0.25) is 4.79 Å². The lowest BCUT2D eigenvalue weighted by Crippen LogP contribution is -2.30. The lowest BCUT2D eigenvalue weighted by atomic mass is 10.1. The molecule has 30 heavy (non-hydrogen) atoms. The molecule has 1 aliphatic heterocycles. The van der Waals surface area contributed by atoms with Gasteiger partial charge in [0.05, 0.1) is 5.75 Å². The second-order valence-electron chi connectivity index (χ2n) is 7.73. The number of nitrogens with zero attached hydrogens (tertiary/aromatic N) is 2. The molecular formula is C22H25N3O4S. The van der Waals surface area contributed by atoms with Crippen molar-refractivity contribution in [3.63, 3.8) is 0 Å². The topological polar surface area (TPSA) is 92.5 Å². The summed E-state index contributed by atoms with van der Waals surface area (Å²) in [6.07, 6.45) is 6.55. The zero-order valence-corrected chi connectivity index (χ0v) is 17.7. The molecule has 3 aromatic rings. The van der Waals surface area contributed by atoms with Gasteiger partial charge in [0.2, 0.25) is 0 Å². The van der Waals surface area contributed by atoms with Crippen LogP contribution in [0.5, 0.6) is 0 Å². The maximum atomic E-state index is 12.8. The van der Waals surface area contributed by atoms with Crippen LogP contribution in [0, 0.1) is 0 Å². The van der Waals surface area contributed by atoms with Crippen LogP contribution in [0.4, 0.5) is 5.82 Å². The Morgan fingerprint density at radius 3 is 2.60 bits per heavy atom. The van der Waals surface area contributed by atoms with Crippen molar-refractivity contribution >= 4 is 32.5 Å². The summed E-state index contributed by atoms with van der Waals surface area (Å²) in [7, 11) is -3.33. The minimum Gasteiger partial charge on any atom is -0.451 e. The van der Waals surface area contributed by atoms with E-state index in [1.165, 1.54) is 19.3 Å². The monoisotopic (exact) mass is 427 g/mol. The molecule has 2 aromatic heterocycles. The summed E-state index contributed by atoms with van der Waals surface area (Å²) in [6, 6.07) is 11.0. The maximum absolute atomic E-state index is 12.8. The number of sulfone groups is 1. The molecule has 0 spiro atoms. The predicted octanol–water partition coefficient (Wildman–Crippen LogP) is 3.29. The molecule has 3 heterocycles. The van der Waals surface area contributed by atoms with Gasteiger partial charge in [-0.1, -0.05) is 24.3 Å². The third kappa shape index (κ3) is 4.64. The summed E-state index contributed by atoms with van der Waals surface area (Å²) in [4.78, 5) is 19.6. The Kier molecular flexibility index (Phi) is 5.76. The van der Waals surface area contributed by atoms with Crippen molar-refractivity contribution in [1.29, 1.82) is 0 Å². The largest absolute Gasteiger partial charge is 0.451 e. The number of pyridine rings is 1. The van der Waals surface area contributed by atoms with E-state index in [2.05, 4.69) is 15.2 Å². The van der Waals surface area contributed by atoms with Gasteiger partial charge in [0.25, 0.3) is 5.91 Å². The average molecular weight is 428 g/mol. The van der Waals surface area contributed by atoms with Gasteiger partial charge < -0.3 is 14.6 Å². The van der Waals surface area contributed by atoms with E-state index in [0.29, 0.717) is 16.5 Å². The normalized spacial score (nSPS) is 14.8. The Hall–Kier alpha value is -2.87. The van der Waals surface area contributed by atoms with E-state index < -0.39 is 15.7 Å². The summed E-state index contributed by atoms with van der Waals surface area (Å²) < 4.78 is 29.4. The first-order chi connectivity index (χ1) is 14.4. The number of rotatable bonds is 6. The molecule has 0 radical (unpaired) electrons. The van der Waals surface area contributed by atoms with Gasteiger partial charge in [-0.25, -0.2) is 13.4 Å². The first-order valence-electron chi connectivity index (χ1n) is 10.1. The Morgan fingerprint density at radius 1 is 1.13 bits per heavy atom. The fraction of sp³-hybridized carbons (Fsp3) is 0.364. The van der Waals surface area contributed by atoms with E-state index in [1.54, 1.807) is 30.5 Å². The predicted molar refractivity (Wildman–Crippen MR) is 116 cm³/mol. The Labute approximate surface area is 176 Å². The standard InChI is InChI=1S/C22H25N3O4S/c1-30(27,28)15-18-17-7-3-4-8-19(17)29-21(18)22(26)24-14-16-9-10-20(23-13-16)25-11-5-2-6-12-25/h3-4,7-10,13H,2,5-6,11-12,14-15H2,1H3,(H,24,26). The fourth-order valence-electron chi connectivity index (χ4n) is 3.78. The number of piperidine rings is 1. The number of fused-ring (bicyclic) bond motifs is 1. The van der Waals surface area contributed by atoms with Gasteiger partial charge >= 0.3 is 0 Å². The molecule has 7 nitrogen and oxygen atoms in total. The molecule has 8 heteroatoms. The van der Waals surface area contributed by atoms with Crippen LogP contribution in [-0.2, 0) is 22.1 Å². The van der Waals surface area contributed by atoms with Crippen LogP contribution in [-0.4, -0.2) is 38.7 Å². The quantitative estimate of drug-likeness (QED) is 0.649. The number of carbonyl (C=O) groups excluding carboxylic acids is 1. The number of hydrogen-bond donors (Lipinski definition) is 1. The zero-order chi connectivity index (χ0) is 21.1. The number of amides is 1. The molecule has 1 saturated heterocycles. The molecule has 1 aliphatic rings. The van der Waals surface area contributed by atoms with Crippen LogP contribution in [0.25, 0.3) is 11.0 Å². The van der Waals surface area contributed by atoms with Crippen molar-refractivity contribution in [1.82, 2.24) is 10.3 Å². The van der Waals surface area contributed by atoms with Crippen LogP contribution >= 0.6 is 0 Å². The second-order valence-corrected chi connectivity index (χ2v) is 9.87. The smallest absolute Gasteiger partial charge is 0.287 e. The Bertz CT molecular complexity index is 1150. The highest BCUT2D eigenvalue weighted by Crippen LogP contribution is 2.27. The van der Waals surface area contributed by atoms with Crippen molar-refractivity contribution in [3.8, 4) is 0 Å². The van der Waals surface area contributed by atoms with Gasteiger partial charge in [0, 0.05) is 43.0 Å². The Balaban J connectivity index is 1.49. The van der Waals surface area contributed by atoms with E-state index in [-0.39, 0.29) is 18.1 Å². The number of para-hydroxylation sites is 1. The molecule has 158 valence electrons. The molecule has 1 aromatic carbocycles. The number of anilines is 1. The maximum Gasteiger partial charge on any atom is 0.287 e. The first-order valence-corrected chi connectivity index (χ1v) is 12.1. The second kappa shape index (κ2) is 8.47. The van der Waals surface area contributed by atoms with Gasteiger partial charge in [-0.2, -0.15) is 0 Å². The third-order valence-electron chi connectivity index (χ3n) is 5.25. The van der Waals surface area contributed by atoms with Crippen molar-refractivity contribution < 1.29 is 17.6 Å². The molecule has 0 bridgehead atoms. The van der Waals surface area contributed by atoms with E-state index in [0.717, 1.165) is 30.7 Å². The highest BCUT2D eigenvalue weighted by molar-refractivity contribution is 7.89. The van der Waals surface area contributed by atoms with Gasteiger partial charge in [-0.05, 0) is 37.0 Å². The third-order valence-corrected chi connectivity index (χ3v) is 6.07. The average Bonchev–Trinajstić information content (AvgIpc) is 3.10. The van der Waals surface area contributed by atoms with E-state index >= 15 is 0 Å². The van der Waals surface area contributed by atoms with E-state index in [4.69, 9.17) is 4.42 Å². The molecule has 4 rings (SSSR count). The fourth-order valence-corrected chi connectivity index (χ4v) is 4.59. The molecular weight excluding hydrogens is 402 g/mol. The number of furan rings is 1. The van der Waals surface area contributed by atoms with Crippen LogP contribution in [0.15, 0.2) is 47.0 Å². The van der Waals surface area contributed by atoms with Crippen molar-refractivity contribution in [2.45, 2.75) is 31.6 Å². The number of benzene rings is 1. The lowest BCUT2D eigenvalue weighted by Gasteiger charge is -2.27. The lowest BCUT2D eigenvalue weighted by molar-refractivity contribution is 0.0924.